The van der Waals surface area contributed by atoms with Gasteiger partial charge in [-0.05, 0) is 20.3 Å². The first-order valence-corrected chi connectivity index (χ1v) is 8.85. The summed E-state index contributed by atoms with van der Waals surface area (Å²) in [7, 11) is 1.66. The molecule has 0 amide bonds. The van der Waals surface area contributed by atoms with Crippen molar-refractivity contribution < 1.29 is 4.74 Å². The SMILES string of the molecule is CO/C1=C/c2[nH]c(-c3csc(NC(C)C)n3)cc(=O)c2/C=C\CC1. The summed E-state index contributed by atoms with van der Waals surface area (Å²) < 4.78 is 5.40. The summed E-state index contributed by atoms with van der Waals surface area (Å²) in [6, 6.07) is 1.93. The van der Waals surface area contributed by atoms with Gasteiger partial charge in [0, 0.05) is 35.5 Å². The average molecular weight is 343 g/mol. The number of methoxy groups -OCH3 is 1. The number of aromatic nitrogens is 2. The van der Waals surface area contributed by atoms with Crippen LogP contribution in [0.25, 0.3) is 23.5 Å². The molecule has 0 spiro atoms. The van der Waals surface area contributed by atoms with Crippen molar-refractivity contribution in [3.63, 3.8) is 0 Å². The maximum atomic E-state index is 12.5. The molecule has 0 bridgehead atoms. The molecule has 0 unspecified atom stereocenters. The first-order valence-electron chi connectivity index (χ1n) is 7.97. The number of fused-ring (bicyclic) bond motifs is 1. The molecular formula is C18H21N3O2S. The number of nitrogens with one attached hydrogen (secondary N) is 2. The maximum Gasteiger partial charge on any atom is 0.190 e. The molecule has 2 heterocycles. The van der Waals surface area contributed by atoms with E-state index in [4.69, 9.17) is 4.74 Å². The van der Waals surface area contributed by atoms with E-state index in [1.54, 1.807) is 13.2 Å². The molecule has 0 radical (unpaired) electrons. The quantitative estimate of drug-likeness (QED) is 0.876. The Bertz CT molecular complexity index is 846. The Kier molecular flexibility index (Phi) is 4.85. The smallest absolute Gasteiger partial charge is 0.190 e. The number of rotatable bonds is 4. The van der Waals surface area contributed by atoms with Gasteiger partial charge in [0.05, 0.1) is 30.0 Å². The Labute approximate surface area is 145 Å². The number of aromatic amines is 1. The summed E-state index contributed by atoms with van der Waals surface area (Å²) in [5.74, 6) is 0.855. The summed E-state index contributed by atoms with van der Waals surface area (Å²) in [6.45, 7) is 4.13. The molecule has 1 aliphatic rings. The fraction of sp³-hybridized carbons (Fsp3) is 0.333. The Balaban J connectivity index is 2.05. The normalized spacial score (nSPS) is 17.4. The second-order valence-corrected chi connectivity index (χ2v) is 6.83. The molecule has 24 heavy (non-hydrogen) atoms. The van der Waals surface area contributed by atoms with Crippen LogP contribution in [0.1, 0.15) is 37.9 Å². The van der Waals surface area contributed by atoms with E-state index in [1.165, 1.54) is 11.3 Å². The van der Waals surface area contributed by atoms with Crippen LogP contribution in [0.4, 0.5) is 5.13 Å². The standard InChI is InChI=1S/C18H21N3O2S/c1-11(2)19-18-21-16(10-24-18)15-9-17(22)13-7-5-4-6-12(23-3)8-14(13)20-15/h5,7-11H,4,6H2,1-3H3,(H,19,21)(H,20,22)/b7-5-,12-8+. The summed E-state index contributed by atoms with van der Waals surface area (Å²) in [6.07, 6.45) is 7.47. The molecule has 1 aliphatic carbocycles. The third kappa shape index (κ3) is 3.59. The van der Waals surface area contributed by atoms with E-state index in [-0.39, 0.29) is 5.43 Å². The van der Waals surface area contributed by atoms with Gasteiger partial charge in [-0.1, -0.05) is 12.2 Å². The fourth-order valence-electron chi connectivity index (χ4n) is 2.55. The summed E-state index contributed by atoms with van der Waals surface area (Å²) in [5.41, 5.74) is 2.88. The van der Waals surface area contributed by atoms with Gasteiger partial charge in [-0.2, -0.15) is 0 Å². The van der Waals surface area contributed by atoms with Gasteiger partial charge in [0.25, 0.3) is 0 Å². The highest BCUT2D eigenvalue weighted by Gasteiger charge is 2.13. The zero-order chi connectivity index (χ0) is 17.1. The van der Waals surface area contributed by atoms with Crippen LogP contribution < -0.4 is 10.7 Å². The number of allylic oxidation sites excluding steroid dienone is 2. The van der Waals surface area contributed by atoms with Crippen LogP contribution >= 0.6 is 11.3 Å². The largest absolute Gasteiger partial charge is 0.501 e. The molecule has 0 aliphatic heterocycles. The van der Waals surface area contributed by atoms with Crippen molar-refractivity contribution in [2.24, 2.45) is 0 Å². The van der Waals surface area contributed by atoms with Crippen molar-refractivity contribution in [3.05, 3.63) is 44.8 Å². The third-order valence-electron chi connectivity index (χ3n) is 3.70. The Morgan fingerprint density at radius 2 is 2.25 bits per heavy atom. The Morgan fingerprint density at radius 3 is 3.00 bits per heavy atom. The maximum absolute atomic E-state index is 12.5. The predicted octanol–water partition coefficient (Wildman–Crippen LogP) is 4.11. The summed E-state index contributed by atoms with van der Waals surface area (Å²) in [4.78, 5) is 20.4. The zero-order valence-corrected chi connectivity index (χ0v) is 14.9. The number of ether oxygens (including phenoxy) is 1. The minimum Gasteiger partial charge on any atom is -0.501 e. The number of thiazole rings is 1. The summed E-state index contributed by atoms with van der Waals surface area (Å²) in [5, 5.41) is 6.07. The lowest BCUT2D eigenvalue weighted by molar-refractivity contribution is 0.282. The lowest BCUT2D eigenvalue weighted by Crippen LogP contribution is -2.11. The van der Waals surface area contributed by atoms with Crippen LogP contribution in [0.15, 0.2) is 28.1 Å². The van der Waals surface area contributed by atoms with Crippen LogP contribution in [0.2, 0.25) is 0 Å². The molecule has 2 N–H and O–H groups in total. The van der Waals surface area contributed by atoms with E-state index in [0.717, 1.165) is 35.1 Å². The van der Waals surface area contributed by atoms with Gasteiger partial charge in [-0.15, -0.1) is 11.3 Å². The lowest BCUT2D eigenvalue weighted by Gasteiger charge is -2.11. The van der Waals surface area contributed by atoms with E-state index >= 15 is 0 Å². The molecule has 2 aromatic rings. The van der Waals surface area contributed by atoms with Crippen LogP contribution in [0.5, 0.6) is 0 Å². The second-order valence-electron chi connectivity index (χ2n) is 5.97. The average Bonchev–Trinajstić information content (AvgIpc) is 2.96. The molecule has 3 rings (SSSR count). The van der Waals surface area contributed by atoms with Crippen molar-refractivity contribution in [3.8, 4) is 11.4 Å². The second kappa shape index (κ2) is 7.05. The van der Waals surface area contributed by atoms with Crippen molar-refractivity contribution in [2.75, 3.05) is 12.4 Å². The van der Waals surface area contributed by atoms with Gasteiger partial charge in [0.2, 0.25) is 0 Å². The molecule has 0 fully saturated rings. The highest BCUT2D eigenvalue weighted by molar-refractivity contribution is 7.14. The molecule has 6 heteroatoms. The van der Waals surface area contributed by atoms with E-state index in [0.29, 0.717) is 17.3 Å². The molecule has 0 saturated heterocycles. The Hall–Kier alpha value is -2.34. The minimum atomic E-state index is -0.0185. The number of pyridine rings is 1. The number of nitrogens with zero attached hydrogens (tertiary/aromatic N) is 1. The van der Waals surface area contributed by atoms with E-state index in [1.807, 2.05) is 23.6 Å². The summed E-state index contributed by atoms with van der Waals surface area (Å²) >= 11 is 1.53. The molecule has 0 aromatic carbocycles. The monoisotopic (exact) mass is 343 g/mol. The van der Waals surface area contributed by atoms with Crippen LogP contribution in [0, 0.1) is 0 Å². The van der Waals surface area contributed by atoms with Crippen molar-refractivity contribution in [1.29, 1.82) is 0 Å². The first kappa shape index (κ1) is 16.5. The number of hydrogen-bond acceptors (Lipinski definition) is 5. The van der Waals surface area contributed by atoms with Gasteiger partial charge in [-0.3, -0.25) is 4.79 Å². The molecule has 126 valence electrons. The fourth-order valence-corrected chi connectivity index (χ4v) is 3.40. The zero-order valence-electron chi connectivity index (χ0n) is 14.1. The van der Waals surface area contributed by atoms with Crippen LogP contribution in [0.3, 0.4) is 0 Å². The number of hydrogen-bond donors (Lipinski definition) is 2. The molecule has 5 nitrogen and oxygen atoms in total. The van der Waals surface area contributed by atoms with E-state index in [2.05, 4.69) is 29.1 Å². The lowest BCUT2D eigenvalue weighted by atomic mass is 10.1. The van der Waals surface area contributed by atoms with Crippen molar-refractivity contribution in [1.82, 2.24) is 9.97 Å². The van der Waals surface area contributed by atoms with E-state index in [9.17, 15) is 4.79 Å². The topological polar surface area (TPSA) is 67.0 Å². The molecule has 2 aromatic heterocycles. The highest BCUT2D eigenvalue weighted by Crippen LogP contribution is 2.25. The number of H-pyrrole nitrogens is 1. The molecule has 0 saturated carbocycles. The minimum absolute atomic E-state index is 0.0185. The molecule has 0 atom stereocenters. The molecular weight excluding hydrogens is 322 g/mol. The highest BCUT2D eigenvalue weighted by atomic mass is 32.1. The van der Waals surface area contributed by atoms with Gasteiger partial charge in [-0.25, -0.2) is 4.98 Å². The predicted molar refractivity (Wildman–Crippen MR) is 100 cm³/mol. The van der Waals surface area contributed by atoms with Gasteiger partial charge < -0.3 is 15.0 Å². The van der Waals surface area contributed by atoms with Gasteiger partial charge in [0.1, 0.15) is 0 Å². The van der Waals surface area contributed by atoms with Crippen molar-refractivity contribution >= 4 is 28.6 Å². The van der Waals surface area contributed by atoms with Crippen LogP contribution in [-0.4, -0.2) is 23.1 Å². The number of anilines is 1. The van der Waals surface area contributed by atoms with Crippen molar-refractivity contribution in [2.45, 2.75) is 32.7 Å². The van der Waals surface area contributed by atoms with Gasteiger partial charge in [0.15, 0.2) is 10.6 Å². The van der Waals surface area contributed by atoms with Crippen LogP contribution in [-0.2, 0) is 4.74 Å². The van der Waals surface area contributed by atoms with Gasteiger partial charge >= 0.3 is 0 Å². The third-order valence-corrected chi connectivity index (χ3v) is 4.48. The Morgan fingerprint density at radius 1 is 1.42 bits per heavy atom. The first-order chi connectivity index (χ1) is 11.6. The van der Waals surface area contributed by atoms with E-state index < -0.39 is 0 Å².